The van der Waals surface area contributed by atoms with Crippen LogP contribution in [0.3, 0.4) is 0 Å². The minimum absolute atomic E-state index is 0.0253. The van der Waals surface area contributed by atoms with Crippen molar-refractivity contribution in [3.8, 4) is 0 Å². The number of halogens is 4. The van der Waals surface area contributed by atoms with Gasteiger partial charge in [-0.05, 0) is 54.7 Å². The van der Waals surface area contributed by atoms with E-state index in [4.69, 9.17) is 17.3 Å². The molecule has 2 aromatic carbocycles. The molecule has 0 radical (unpaired) electrons. The van der Waals surface area contributed by atoms with Crippen molar-refractivity contribution in [1.82, 2.24) is 0 Å². The average Bonchev–Trinajstić information content (AvgIpc) is 2.46. The summed E-state index contributed by atoms with van der Waals surface area (Å²) in [5.41, 5.74) is 4.38. The van der Waals surface area contributed by atoms with Crippen LogP contribution in [0.5, 0.6) is 0 Å². The number of hydrogen-bond acceptors (Lipinski definition) is 3. The highest BCUT2D eigenvalue weighted by Gasteiger charge is 2.37. The number of hydrogen-bond donors (Lipinski definition) is 2. The van der Waals surface area contributed by atoms with Crippen LogP contribution in [0.2, 0.25) is 5.02 Å². The smallest absolute Gasteiger partial charge is 0.376 e. The highest BCUT2D eigenvalue weighted by atomic mass is 35.5. The van der Waals surface area contributed by atoms with Gasteiger partial charge in [-0.15, -0.1) is 0 Å². The Morgan fingerprint density at radius 1 is 1.12 bits per heavy atom. The number of nitrogens with two attached hydrogens (primary N) is 1. The molecule has 128 valence electrons. The van der Waals surface area contributed by atoms with Gasteiger partial charge in [0.1, 0.15) is 0 Å². The third-order valence-electron chi connectivity index (χ3n) is 2.97. The van der Waals surface area contributed by atoms with Crippen molar-refractivity contribution < 1.29 is 21.6 Å². The summed E-state index contributed by atoms with van der Waals surface area (Å²) in [4.78, 5) is -1.17. The van der Waals surface area contributed by atoms with E-state index in [1.54, 1.807) is 0 Å². The van der Waals surface area contributed by atoms with E-state index in [9.17, 15) is 21.6 Å². The summed E-state index contributed by atoms with van der Waals surface area (Å²) in [6, 6.07) is 7.51. The number of thiocarbonyl (C=S) groups is 1. The minimum atomic E-state index is -4.86. The molecule has 0 aromatic heterocycles. The highest BCUT2D eigenvalue weighted by molar-refractivity contribution is 7.91. The summed E-state index contributed by atoms with van der Waals surface area (Å²) in [7, 11) is -4.39. The molecule has 10 heteroatoms. The van der Waals surface area contributed by atoms with Crippen molar-refractivity contribution in [2.45, 2.75) is 16.0 Å². The Morgan fingerprint density at radius 2 is 1.71 bits per heavy atom. The van der Waals surface area contributed by atoms with Crippen molar-refractivity contribution in [2.24, 2.45) is 5.73 Å². The van der Waals surface area contributed by atoms with E-state index in [0.29, 0.717) is 11.8 Å². The maximum atomic E-state index is 13.1. The lowest BCUT2D eigenvalue weighted by Crippen LogP contribution is -2.18. The normalized spacial score (nSPS) is 12.0. The van der Waals surface area contributed by atoms with E-state index in [1.165, 1.54) is 12.1 Å². The second-order valence-electron chi connectivity index (χ2n) is 4.66. The molecule has 24 heavy (non-hydrogen) atoms. The SMILES string of the molecule is NC(=S)Nc1ccc(S(=O)(=O)c2ccc(Cl)cc2C(F)(F)F)cc1. The molecule has 0 atom stereocenters. The van der Waals surface area contributed by atoms with E-state index < -0.39 is 26.5 Å². The van der Waals surface area contributed by atoms with Gasteiger partial charge in [0.2, 0.25) is 9.84 Å². The van der Waals surface area contributed by atoms with E-state index in [0.717, 1.165) is 24.3 Å². The molecule has 0 fully saturated rings. The first-order chi connectivity index (χ1) is 11.0. The monoisotopic (exact) mass is 394 g/mol. The van der Waals surface area contributed by atoms with Crippen LogP contribution in [0, 0.1) is 0 Å². The zero-order valence-corrected chi connectivity index (χ0v) is 14.2. The largest absolute Gasteiger partial charge is 0.417 e. The predicted octanol–water partition coefficient (Wildman–Crippen LogP) is 3.85. The molecule has 0 unspecified atom stereocenters. The first-order valence-electron chi connectivity index (χ1n) is 6.30. The van der Waals surface area contributed by atoms with Crippen LogP contribution in [-0.4, -0.2) is 13.5 Å². The number of anilines is 1. The lowest BCUT2D eigenvalue weighted by molar-refractivity contribution is -0.139. The molecule has 0 spiro atoms. The van der Waals surface area contributed by atoms with Crippen molar-refractivity contribution >= 4 is 44.5 Å². The van der Waals surface area contributed by atoms with Gasteiger partial charge in [0.15, 0.2) is 5.11 Å². The van der Waals surface area contributed by atoms with Gasteiger partial charge < -0.3 is 11.1 Å². The fourth-order valence-corrected chi connectivity index (χ4v) is 3.69. The molecular weight excluding hydrogens is 385 g/mol. The summed E-state index contributed by atoms with van der Waals surface area (Å²) in [6.45, 7) is 0. The number of sulfone groups is 1. The molecule has 4 nitrogen and oxygen atoms in total. The molecule has 0 saturated carbocycles. The summed E-state index contributed by atoms with van der Waals surface area (Å²) >= 11 is 10.2. The van der Waals surface area contributed by atoms with Gasteiger partial charge in [-0.25, -0.2) is 8.42 Å². The molecule has 0 amide bonds. The third-order valence-corrected chi connectivity index (χ3v) is 5.13. The van der Waals surface area contributed by atoms with Gasteiger partial charge >= 0.3 is 6.18 Å². The van der Waals surface area contributed by atoms with E-state index in [1.807, 2.05) is 0 Å². The molecule has 0 aliphatic carbocycles. The van der Waals surface area contributed by atoms with Gasteiger partial charge in [0.25, 0.3) is 0 Å². The third kappa shape index (κ3) is 3.97. The molecule has 0 saturated heterocycles. The van der Waals surface area contributed by atoms with E-state index >= 15 is 0 Å². The van der Waals surface area contributed by atoms with Crippen molar-refractivity contribution in [1.29, 1.82) is 0 Å². The van der Waals surface area contributed by atoms with Crippen molar-refractivity contribution in [3.05, 3.63) is 53.1 Å². The number of alkyl halides is 3. The summed E-state index contributed by atoms with van der Waals surface area (Å²) < 4.78 is 64.4. The standard InChI is InChI=1S/C14H10ClF3N2O2S2/c15-8-1-6-12(11(7-8)14(16,17)18)24(21,22)10-4-2-9(3-5-10)20-13(19)23/h1-7H,(H3,19,20,23). The lowest BCUT2D eigenvalue weighted by atomic mass is 10.2. The summed E-state index contributed by atoms with van der Waals surface area (Å²) in [6.07, 6.45) is -4.86. The van der Waals surface area contributed by atoms with Crippen LogP contribution in [0.25, 0.3) is 0 Å². The average molecular weight is 395 g/mol. The second-order valence-corrected chi connectivity index (χ2v) is 7.45. The van der Waals surface area contributed by atoms with Crippen LogP contribution >= 0.6 is 23.8 Å². The number of rotatable bonds is 3. The quantitative estimate of drug-likeness (QED) is 0.774. The zero-order chi connectivity index (χ0) is 18.1. The fourth-order valence-electron chi connectivity index (χ4n) is 1.94. The number of benzene rings is 2. The Hall–Kier alpha value is -1.84. The molecule has 0 aliphatic rings. The molecule has 0 aliphatic heterocycles. The van der Waals surface area contributed by atoms with Gasteiger partial charge in [-0.3, -0.25) is 0 Å². The molecular formula is C14H10ClF3N2O2S2. The molecule has 0 heterocycles. The van der Waals surface area contributed by atoms with Gasteiger partial charge in [-0.1, -0.05) is 11.6 Å². The molecule has 2 aromatic rings. The maximum Gasteiger partial charge on any atom is 0.417 e. The summed E-state index contributed by atoms with van der Waals surface area (Å²) in [5.74, 6) is 0. The first kappa shape index (κ1) is 18.5. The van der Waals surface area contributed by atoms with Crippen LogP contribution in [-0.2, 0) is 16.0 Å². The second kappa shape index (κ2) is 6.58. The predicted molar refractivity (Wildman–Crippen MR) is 88.8 cm³/mol. The van der Waals surface area contributed by atoms with Gasteiger partial charge in [0.05, 0.1) is 15.4 Å². The topological polar surface area (TPSA) is 72.2 Å². The number of nitrogens with one attached hydrogen (secondary N) is 1. The zero-order valence-electron chi connectivity index (χ0n) is 11.8. The first-order valence-corrected chi connectivity index (χ1v) is 8.57. The Morgan fingerprint density at radius 3 is 2.21 bits per heavy atom. The van der Waals surface area contributed by atoms with Gasteiger partial charge in [-0.2, -0.15) is 13.2 Å². The molecule has 0 bridgehead atoms. The van der Waals surface area contributed by atoms with Crippen LogP contribution in [0.1, 0.15) is 5.56 Å². The Bertz CT molecular complexity index is 882. The molecule has 2 rings (SSSR count). The fraction of sp³-hybridized carbons (Fsp3) is 0.0714. The van der Waals surface area contributed by atoms with E-state index in [2.05, 4.69) is 17.5 Å². The maximum absolute atomic E-state index is 13.1. The minimum Gasteiger partial charge on any atom is -0.376 e. The van der Waals surface area contributed by atoms with Crippen LogP contribution in [0.15, 0.2) is 52.3 Å². The highest BCUT2D eigenvalue weighted by Crippen LogP contribution is 2.38. The Kier molecular flexibility index (Phi) is 5.07. The summed E-state index contributed by atoms with van der Waals surface area (Å²) in [5, 5.41) is 2.35. The van der Waals surface area contributed by atoms with Gasteiger partial charge in [0, 0.05) is 10.7 Å². The van der Waals surface area contributed by atoms with Crippen molar-refractivity contribution in [3.63, 3.8) is 0 Å². The van der Waals surface area contributed by atoms with Crippen molar-refractivity contribution in [2.75, 3.05) is 5.32 Å². The molecule has 3 N–H and O–H groups in total. The Balaban J connectivity index is 2.54. The lowest BCUT2D eigenvalue weighted by Gasteiger charge is -2.14. The van der Waals surface area contributed by atoms with Crippen LogP contribution in [0.4, 0.5) is 18.9 Å². The Labute approximate surface area is 146 Å². The van der Waals surface area contributed by atoms with Crippen LogP contribution < -0.4 is 11.1 Å². The van der Waals surface area contributed by atoms with E-state index in [-0.39, 0.29) is 15.0 Å².